The zero-order chi connectivity index (χ0) is 21.0. The predicted molar refractivity (Wildman–Crippen MR) is 114 cm³/mol. The molecule has 1 aliphatic heterocycles. The Morgan fingerprint density at radius 2 is 1.67 bits per heavy atom. The monoisotopic (exact) mass is 407 g/mol. The molecule has 2 fully saturated rings. The number of piperidine rings is 1. The van der Waals surface area contributed by atoms with Crippen LogP contribution in [0.15, 0.2) is 54.7 Å². The van der Waals surface area contributed by atoms with Crippen molar-refractivity contribution in [2.75, 3.05) is 13.1 Å². The highest BCUT2D eigenvalue weighted by atomic mass is 16.5. The first-order valence-corrected chi connectivity index (χ1v) is 10.8. The maximum absolute atomic E-state index is 13.8. The van der Waals surface area contributed by atoms with Gasteiger partial charge in [-0.2, -0.15) is 0 Å². The fourth-order valence-corrected chi connectivity index (χ4v) is 4.90. The van der Waals surface area contributed by atoms with Crippen LogP contribution in [0.2, 0.25) is 0 Å². The number of para-hydroxylation sites is 1. The first kappa shape index (κ1) is 20.4. The number of primary amides is 1. The molecule has 0 unspecified atom stereocenters. The van der Waals surface area contributed by atoms with Crippen LogP contribution in [-0.4, -0.2) is 40.4 Å². The van der Waals surface area contributed by atoms with Gasteiger partial charge in [0.2, 0.25) is 5.91 Å². The largest absolute Gasteiger partial charge is 0.477 e. The Hall–Kier alpha value is -2.89. The molecule has 6 heteroatoms. The number of benzene rings is 1. The molecule has 6 nitrogen and oxygen atoms in total. The molecular formula is C24H29N3O3. The summed E-state index contributed by atoms with van der Waals surface area (Å²) in [5, 5.41) is 0. The lowest BCUT2D eigenvalue weighted by atomic mass is 9.75. The summed E-state index contributed by atoms with van der Waals surface area (Å²) in [5.41, 5.74) is 4.67. The lowest BCUT2D eigenvalue weighted by Crippen LogP contribution is -2.61. The second-order valence-corrected chi connectivity index (χ2v) is 8.46. The quantitative estimate of drug-likeness (QED) is 0.825. The molecule has 30 heavy (non-hydrogen) atoms. The zero-order valence-electron chi connectivity index (χ0n) is 17.3. The fourth-order valence-electron chi connectivity index (χ4n) is 4.90. The number of carbonyl (C=O) groups is 2. The molecule has 0 bridgehead atoms. The lowest BCUT2D eigenvalue weighted by molar-refractivity contribution is -0.154. The standard InChI is InChI=1S/C24H29N3O3/c25-21(28)23(20-12-5-8-16-26-20)13-9-17-27(18-23)22(29)24(14-6-2-7-15-24)30-19-10-3-1-4-11-19/h1,3-5,8,10-12,16H,2,6-7,9,13-15,17-18H2,(H2,25,28)/t23-/m1/s1. The Morgan fingerprint density at radius 1 is 0.933 bits per heavy atom. The minimum absolute atomic E-state index is 0.0349. The van der Waals surface area contributed by atoms with E-state index in [1.165, 1.54) is 0 Å². The van der Waals surface area contributed by atoms with Crippen molar-refractivity contribution in [1.82, 2.24) is 9.88 Å². The van der Waals surface area contributed by atoms with E-state index < -0.39 is 16.9 Å². The van der Waals surface area contributed by atoms with Gasteiger partial charge in [0.25, 0.3) is 5.91 Å². The van der Waals surface area contributed by atoms with Gasteiger partial charge in [-0.25, -0.2) is 0 Å². The van der Waals surface area contributed by atoms with Crippen LogP contribution in [0.25, 0.3) is 0 Å². The van der Waals surface area contributed by atoms with E-state index in [0.29, 0.717) is 43.7 Å². The second kappa shape index (κ2) is 8.46. The number of hydrogen-bond acceptors (Lipinski definition) is 4. The predicted octanol–water partition coefficient (Wildman–Crippen LogP) is 3.21. The van der Waals surface area contributed by atoms with Gasteiger partial charge < -0.3 is 15.4 Å². The van der Waals surface area contributed by atoms with Crippen molar-refractivity contribution in [1.29, 1.82) is 0 Å². The highest BCUT2D eigenvalue weighted by Gasteiger charge is 2.50. The molecule has 1 aromatic heterocycles. The summed E-state index contributed by atoms with van der Waals surface area (Å²) in [7, 11) is 0. The number of hydrogen-bond donors (Lipinski definition) is 1. The Bertz CT molecular complexity index is 881. The summed E-state index contributed by atoms with van der Waals surface area (Å²) < 4.78 is 6.37. The lowest BCUT2D eigenvalue weighted by Gasteiger charge is -2.45. The second-order valence-electron chi connectivity index (χ2n) is 8.46. The summed E-state index contributed by atoms with van der Waals surface area (Å²) in [6.45, 7) is 0.846. The van der Waals surface area contributed by atoms with Crippen molar-refractivity contribution in [3.8, 4) is 5.75 Å². The third-order valence-corrected chi connectivity index (χ3v) is 6.51. The number of amides is 2. The van der Waals surface area contributed by atoms with Gasteiger partial charge in [-0.15, -0.1) is 0 Å². The Morgan fingerprint density at radius 3 is 2.33 bits per heavy atom. The highest BCUT2D eigenvalue weighted by Crippen LogP contribution is 2.38. The molecule has 2 aromatic rings. The van der Waals surface area contributed by atoms with Crippen LogP contribution >= 0.6 is 0 Å². The van der Waals surface area contributed by atoms with Crippen LogP contribution in [0.1, 0.15) is 50.6 Å². The maximum atomic E-state index is 13.8. The molecule has 1 aliphatic carbocycles. The van der Waals surface area contributed by atoms with E-state index in [-0.39, 0.29) is 12.5 Å². The van der Waals surface area contributed by atoms with Crippen LogP contribution < -0.4 is 10.5 Å². The third kappa shape index (κ3) is 3.78. The first-order chi connectivity index (χ1) is 14.6. The summed E-state index contributed by atoms with van der Waals surface area (Å²) in [6.07, 6.45) is 7.34. The van der Waals surface area contributed by atoms with E-state index >= 15 is 0 Å². The maximum Gasteiger partial charge on any atom is 0.266 e. The molecule has 2 aliphatic rings. The number of pyridine rings is 1. The third-order valence-electron chi connectivity index (χ3n) is 6.51. The SMILES string of the molecule is NC(=O)[C@]1(c2ccccn2)CCCN(C(=O)C2(Oc3ccccc3)CCCCC2)C1. The van der Waals surface area contributed by atoms with Crippen molar-refractivity contribution < 1.29 is 14.3 Å². The van der Waals surface area contributed by atoms with Gasteiger partial charge in [-0.05, 0) is 62.8 Å². The highest BCUT2D eigenvalue weighted by molar-refractivity contribution is 5.90. The topological polar surface area (TPSA) is 85.5 Å². The molecule has 1 atom stereocenters. The van der Waals surface area contributed by atoms with Crippen LogP contribution in [0, 0.1) is 0 Å². The van der Waals surface area contributed by atoms with Gasteiger partial charge in [-0.3, -0.25) is 14.6 Å². The van der Waals surface area contributed by atoms with E-state index in [2.05, 4.69) is 4.98 Å². The van der Waals surface area contributed by atoms with Crippen molar-refractivity contribution in [3.63, 3.8) is 0 Å². The van der Waals surface area contributed by atoms with Crippen molar-refractivity contribution >= 4 is 11.8 Å². The molecule has 0 radical (unpaired) electrons. The van der Waals surface area contributed by atoms with Gasteiger partial charge in [0.1, 0.15) is 11.2 Å². The van der Waals surface area contributed by atoms with Gasteiger partial charge in [-0.1, -0.05) is 30.7 Å². The average Bonchev–Trinajstić information content (AvgIpc) is 2.80. The molecule has 1 saturated heterocycles. The molecular weight excluding hydrogens is 378 g/mol. The van der Waals surface area contributed by atoms with E-state index in [1.54, 1.807) is 11.1 Å². The van der Waals surface area contributed by atoms with E-state index in [9.17, 15) is 9.59 Å². The zero-order valence-corrected chi connectivity index (χ0v) is 17.3. The van der Waals surface area contributed by atoms with Crippen LogP contribution in [0.4, 0.5) is 0 Å². The summed E-state index contributed by atoms with van der Waals surface area (Å²) in [6, 6.07) is 15.0. The number of nitrogens with two attached hydrogens (primary N) is 1. The Kier molecular flexibility index (Phi) is 5.75. The van der Waals surface area contributed by atoms with Crippen LogP contribution in [-0.2, 0) is 15.0 Å². The number of carbonyl (C=O) groups excluding carboxylic acids is 2. The minimum Gasteiger partial charge on any atom is -0.477 e. The molecule has 2 heterocycles. The van der Waals surface area contributed by atoms with Crippen molar-refractivity contribution in [2.45, 2.75) is 56.0 Å². The molecule has 4 rings (SSSR count). The summed E-state index contributed by atoms with van der Waals surface area (Å²) in [5.74, 6) is 0.239. The van der Waals surface area contributed by atoms with Gasteiger partial charge in [0.15, 0.2) is 5.60 Å². The molecule has 1 saturated carbocycles. The molecule has 2 N–H and O–H groups in total. The minimum atomic E-state index is -0.961. The average molecular weight is 408 g/mol. The van der Waals surface area contributed by atoms with Crippen LogP contribution in [0.3, 0.4) is 0 Å². The van der Waals surface area contributed by atoms with E-state index in [4.69, 9.17) is 10.5 Å². The molecule has 2 amide bonds. The van der Waals surface area contributed by atoms with Gasteiger partial charge in [0.05, 0.1) is 5.69 Å². The molecule has 158 valence electrons. The smallest absolute Gasteiger partial charge is 0.266 e. The number of nitrogens with zero attached hydrogens (tertiary/aromatic N) is 2. The summed E-state index contributed by atoms with van der Waals surface area (Å²) >= 11 is 0. The van der Waals surface area contributed by atoms with E-state index in [1.807, 2.05) is 48.5 Å². The number of ether oxygens (including phenoxy) is 1. The Balaban J connectivity index is 1.64. The van der Waals surface area contributed by atoms with E-state index in [0.717, 1.165) is 19.3 Å². The number of aromatic nitrogens is 1. The van der Waals surface area contributed by atoms with Crippen molar-refractivity contribution in [3.05, 3.63) is 60.4 Å². The fraction of sp³-hybridized carbons (Fsp3) is 0.458. The number of rotatable bonds is 5. The molecule has 0 spiro atoms. The normalized spacial score (nSPS) is 23.5. The van der Waals surface area contributed by atoms with Gasteiger partial charge in [0, 0.05) is 19.3 Å². The Labute approximate surface area is 177 Å². The number of likely N-dealkylation sites (tertiary alicyclic amines) is 1. The van der Waals surface area contributed by atoms with Crippen LogP contribution in [0.5, 0.6) is 5.75 Å². The summed E-state index contributed by atoms with van der Waals surface area (Å²) in [4.78, 5) is 32.7. The molecule has 1 aromatic carbocycles. The first-order valence-electron chi connectivity index (χ1n) is 10.8. The van der Waals surface area contributed by atoms with Crippen molar-refractivity contribution in [2.24, 2.45) is 5.73 Å². The van der Waals surface area contributed by atoms with Gasteiger partial charge >= 0.3 is 0 Å².